The molecule has 0 spiro atoms. The predicted octanol–water partition coefficient (Wildman–Crippen LogP) is 3.04. The largest absolute Gasteiger partial charge is 0.380 e. The number of rotatable bonds is 2. The normalized spacial score (nSPS) is 10.7. The standard InChI is InChI=1S/C14H10BrN3O2/c15-10-4-2-1-3-9(10)12-13(20-18-14(12)16)8-5-6-17-11(19)7-8/h1-7H,(H2,16,18)(H,17,19). The van der Waals surface area contributed by atoms with Gasteiger partial charge in [0.05, 0.1) is 5.56 Å². The molecule has 0 fully saturated rings. The zero-order valence-electron chi connectivity index (χ0n) is 10.3. The topological polar surface area (TPSA) is 84.9 Å². The van der Waals surface area contributed by atoms with Crippen LogP contribution in [0.3, 0.4) is 0 Å². The smallest absolute Gasteiger partial charge is 0.248 e. The average Bonchev–Trinajstić information content (AvgIpc) is 2.81. The minimum absolute atomic E-state index is 0.212. The summed E-state index contributed by atoms with van der Waals surface area (Å²) in [6, 6.07) is 10.8. The van der Waals surface area contributed by atoms with E-state index < -0.39 is 0 Å². The van der Waals surface area contributed by atoms with E-state index in [0.29, 0.717) is 16.9 Å². The number of nitrogens with two attached hydrogens (primary N) is 1. The van der Waals surface area contributed by atoms with Crippen LogP contribution in [0.4, 0.5) is 5.82 Å². The summed E-state index contributed by atoms with van der Waals surface area (Å²) in [6.07, 6.45) is 1.56. The van der Waals surface area contributed by atoms with Gasteiger partial charge in [-0.15, -0.1) is 0 Å². The van der Waals surface area contributed by atoms with E-state index in [1.54, 1.807) is 12.3 Å². The molecule has 0 saturated carbocycles. The van der Waals surface area contributed by atoms with Gasteiger partial charge in [-0.2, -0.15) is 0 Å². The maximum absolute atomic E-state index is 11.4. The van der Waals surface area contributed by atoms with Crippen LogP contribution in [0, 0.1) is 0 Å². The summed E-state index contributed by atoms with van der Waals surface area (Å²) < 4.78 is 6.17. The summed E-state index contributed by atoms with van der Waals surface area (Å²) in [5, 5.41) is 3.81. The van der Waals surface area contributed by atoms with E-state index in [9.17, 15) is 4.79 Å². The van der Waals surface area contributed by atoms with Gasteiger partial charge in [-0.05, 0) is 12.1 Å². The Morgan fingerprint density at radius 1 is 1.25 bits per heavy atom. The first-order valence-electron chi connectivity index (χ1n) is 5.86. The van der Waals surface area contributed by atoms with E-state index in [0.717, 1.165) is 10.0 Å². The first-order chi connectivity index (χ1) is 9.66. The van der Waals surface area contributed by atoms with Crippen LogP contribution in [0.15, 0.2) is 56.4 Å². The Balaban J connectivity index is 2.26. The van der Waals surface area contributed by atoms with Crippen LogP contribution < -0.4 is 11.3 Å². The lowest BCUT2D eigenvalue weighted by molar-refractivity contribution is 0.436. The predicted molar refractivity (Wildman–Crippen MR) is 80.1 cm³/mol. The zero-order chi connectivity index (χ0) is 14.1. The van der Waals surface area contributed by atoms with E-state index in [-0.39, 0.29) is 11.4 Å². The van der Waals surface area contributed by atoms with Gasteiger partial charge in [0.25, 0.3) is 0 Å². The van der Waals surface area contributed by atoms with Gasteiger partial charge < -0.3 is 15.2 Å². The fraction of sp³-hybridized carbons (Fsp3) is 0. The Kier molecular flexibility index (Phi) is 3.15. The highest BCUT2D eigenvalue weighted by Crippen LogP contribution is 2.39. The first kappa shape index (κ1) is 12.7. The summed E-state index contributed by atoms with van der Waals surface area (Å²) in [6.45, 7) is 0. The van der Waals surface area contributed by atoms with Crippen molar-refractivity contribution in [1.82, 2.24) is 10.1 Å². The number of nitrogens with zero attached hydrogens (tertiary/aromatic N) is 1. The fourth-order valence-corrected chi connectivity index (χ4v) is 2.49. The zero-order valence-corrected chi connectivity index (χ0v) is 11.8. The molecule has 100 valence electrons. The van der Waals surface area contributed by atoms with Crippen molar-refractivity contribution in [2.24, 2.45) is 0 Å². The van der Waals surface area contributed by atoms with E-state index in [1.165, 1.54) is 6.07 Å². The molecule has 0 saturated heterocycles. The molecule has 6 heteroatoms. The minimum atomic E-state index is -0.212. The molecule has 3 aromatic rings. The number of anilines is 1. The van der Waals surface area contributed by atoms with Crippen molar-refractivity contribution in [3.63, 3.8) is 0 Å². The number of pyridine rings is 1. The number of hydrogen-bond donors (Lipinski definition) is 2. The van der Waals surface area contributed by atoms with Gasteiger partial charge in [0.15, 0.2) is 11.6 Å². The molecule has 0 amide bonds. The lowest BCUT2D eigenvalue weighted by atomic mass is 10.0. The van der Waals surface area contributed by atoms with E-state index in [4.69, 9.17) is 10.3 Å². The van der Waals surface area contributed by atoms with Gasteiger partial charge in [-0.25, -0.2) is 0 Å². The molecule has 3 rings (SSSR count). The van der Waals surface area contributed by atoms with E-state index in [1.807, 2.05) is 24.3 Å². The monoisotopic (exact) mass is 331 g/mol. The van der Waals surface area contributed by atoms with Crippen LogP contribution in [0.1, 0.15) is 0 Å². The Bertz CT molecular complexity index is 823. The molecule has 3 N–H and O–H groups in total. The van der Waals surface area contributed by atoms with E-state index >= 15 is 0 Å². The fourth-order valence-electron chi connectivity index (χ4n) is 2.01. The quantitative estimate of drug-likeness (QED) is 0.755. The minimum Gasteiger partial charge on any atom is -0.380 e. The molecule has 5 nitrogen and oxygen atoms in total. The number of nitrogen functional groups attached to an aromatic ring is 1. The summed E-state index contributed by atoms with van der Waals surface area (Å²) in [4.78, 5) is 14.0. The van der Waals surface area contributed by atoms with Crippen molar-refractivity contribution in [2.45, 2.75) is 0 Å². The second-order valence-corrected chi connectivity index (χ2v) is 5.05. The highest BCUT2D eigenvalue weighted by Gasteiger charge is 2.19. The molecule has 0 aliphatic heterocycles. The lowest BCUT2D eigenvalue weighted by Gasteiger charge is -2.04. The third-order valence-electron chi connectivity index (χ3n) is 2.90. The summed E-state index contributed by atoms with van der Waals surface area (Å²) >= 11 is 3.48. The van der Waals surface area contributed by atoms with Crippen LogP contribution in [0.2, 0.25) is 0 Å². The highest BCUT2D eigenvalue weighted by atomic mass is 79.9. The third-order valence-corrected chi connectivity index (χ3v) is 3.59. The van der Waals surface area contributed by atoms with Crippen molar-refractivity contribution < 1.29 is 4.52 Å². The number of nitrogens with one attached hydrogen (secondary N) is 1. The number of aromatic nitrogens is 2. The number of halogens is 1. The van der Waals surface area contributed by atoms with Gasteiger partial charge in [-0.3, -0.25) is 4.79 Å². The van der Waals surface area contributed by atoms with Crippen LogP contribution in [-0.2, 0) is 0 Å². The van der Waals surface area contributed by atoms with Crippen molar-refractivity contribution in [3.8, 4) is 22.5 Å². The molecule has 0 atom stereocenters. The maximum Gasteiger partial charge on any atom is 0.248 e. The van der Waals surface area contributed by atoms with Crippen molar-refractivity contribution in [3.05, 3.63) is 57.4 Å². The SMILES string of the molecule is Nc1noc(-c2cc[nH]c(=O)c2)c1-c1ccccc1Br. The van der Waals surface area contributed by atoms with Crippen molar-refractivity contribution in [2.75, 3.05) is 5.73 Å². The molecule has 2 aromatic heterocycles. The number of aromatic amines is 1. The second kappa shape index (κ2) is 4.97. The van der Waals surface area contributed by atoms with Gasteiger partial charge in [0.2, 0.25) is 5.56 Å². The van der Waals surface area contributed by atoms with Crippen molar-refractivity contribution >= 4 is 21.7 Å². The van der Waals surface area contributed by atoms with Gasteiger partial charge >= 0.3 is 0 Å². The lowest BCUT2D eigenvalue weighted by Crippen LogP contribution is -2.02. The molecular formula is C14H10BrN3O2. The maximum atomic E-state index is 11.4. The second-order valence-electron chi connectivity index (χ2n) is 4.19. The Hall–Kier alpha value is -2.34. The number of benzene rings is 1. The van der Waals surface area contributed by atoms with Gasteiger partial charge in [0, 0.05) is 27.9 Å². The summed E-state index contributed by atoms with van der Waals surface area (Å²) in [5.74, 6) is 0.757. The summed E-state index contributed by atoms with van der Waals surface area (Å²) in [5.41, 5.74) is 7.85. The highest BCUT2D eigenvalue weighted by molar-refractivity contribution is 9.10. The molecule has 0 bridgehead atoms. The molecule has 0 aliphatic rings. The van der Waals surface area contributed by atoms with Crippen LogP contribution in [0.5, 0.6) is 0 Å². The van der Waals surface area contributed by atoms with Crippen molar-refractivity contribution in [1.29, 1.82) is 0 Å². The Morgan fingerprint density at radius 2 is 2.05 bits per heavy atom. The molecule has 2 heterocycles. The number of H-pyrrole nitrogens is 1. The molecule has 0 radical (unpaired) electrons. The van der Waals surface area contributed by atoms with E-state index in [2.05, 4.69) is 26.1 Å². The van der Waals surface area contributed by atoms with Crippen LogP contribution >= 0.6 is 15.9 Å². The average molecular weight is 332 g/mol. The number of hydrogen-bond acceptors (Lipinski definition) is 4. The molecule has 20 heavy (non-hydrogen) atoms. The van der Waals surface area contributed by atoms with Gasteiger partial charge in [0.1, 0.15) is 0 Å². The molecular weight excluding hydrogens is 322 g/mol. The molecule has 0 aliphatic carbocycles. The van der Waals surface area contributed by atoms with Gasteiger partial charge in [-0.1, -0.05) is 39.3 Å². The molecule has 0 unspecified atom stereocenters. The first-order valence-corrected chi connectivity index (χ1v) is 6.65. The molecule has 1 aromatic carbocycles. The summed E-state index contributed by atoms with van der Waals surface area (Å²) in [7, 11) is 0. The van der Waals surface area contributed by atoms with Crippen LogP contribution in [0.25, 0.3) is 22.5 Å². The third kappa shape index (κ3) is 2.14. The Labute approximate surface area is 122 Å². The Morgan fingerprint density at radius 3 is 2.80 bits per heavy atom. The van der Waals surface area contributed by atoms with Crippen LogP contribution in [-0.4, -0.2) is 10.1 Å².